The average Bonchev–Trinajstić information content (AvgIpc) is 3.37. The molecule has 0 bridgehead atoms. The maximum atomic E-state index is 14.5. The van der Waals surface area contributed by atoms with Gasteiger partial charge in [-0.15, -0.1) is 11.3 Å². The number of aliphatic hydroxyl groups is 1. The van der Waals surface area contributed by atoms with Crippen LogP contribution in [-0.4, -0.2) is 31.1 Å². The van der Waals surface area contributed by atoms with Gasteiger partial charge in [0.15, 0.2) is 0 Å². The van der Waals surface area contributed by atoms with Gasteiger partial charge in [0.1, 0.15) is 17.5 Å². The van der Waals surface area contributed by atoms with E-state index in [1.807, 2.05) is 20.8 Å². The highest BCUT2D eigenvalue weighted by atomic mass is 32.1. The highest BCUT2D eigenvalue weighted by Gasteiger charge is 2.37. The molecule has 1 aromatic carbocycles. The second-order valence-corrected chi connectivity index (χ2v) is 10.6. The summed E-state index contributed by atoms with van der Waals surface area (Å²) in [5.74, 6) is -1.97. The molecule has 0 saturated heterocycles. The standard InChI is InChI=1S/C27H22F4N4O3S.C2H6/c1-14-7-20(34-23(8-14)35-22-10-16(4-6-32-22)27(29,30)31)21-13-33-24(39-21)12-26(38)5-2-3-15-9-17(25(36)37)19(28)11-18(15)26;1-2/h4,6-11,13,38H,2-3,5,12H2,1H3,(H,36,37)(H,32,34,35);1-2H3. The van der Waals surface area contributed by atoms with Gasteiger partial charge in [-0.2, -0.15) is 13.2 Å². The summed E-state index contributed by atoms with van der Waals surface area (Å²) in [5.41, 5.74) is -0.385. The Labute approximate surface area is 238 Å². The number of thiazole rings is 1. The van der Waals surface area contributed by atoms with Crippen LogP contribution >= 0.6 is 11.3 Å². The van der Waals surface area contributed by atoms with Gasteiger partial charge in [-0.05, 0) is 79.3 Å². The molecule has 0 spiro atoms. The number of nitrogens with zero attached hydrogens (tertiary/aromatic N) is 3. The first-order valence-corrected chi connectivity index (χ1v) is 13.8. The van der Waals surface area contributed by atoms with Crippen LogP contribution in [0, 0.1) is 12.7 Å². The van der Waals surface area contributed by atoms with E-state index in [9.17, 15) is 32.6 Å². The van der Waals surface area contributed by atoms with Crippen molar-refractivity contribution >= 4 is 28.9 Å². The number of anilines is 2. The van der Waals surface area contributed by atoms with Gasteiger partial charge in [0.05, 0.1) is 32.3 Å². The fourth-order valence-corrected chi connectivity index (χ4v) is 5.72. The summed E-state index contributed by atoms with van der Waals surface area (Å²) in [6.45, 7) is 5.82. The zero-order chi connectivity index (χ0) is 29.9. The molecule has 7 nitrogen and oxygen atoms in total. The lowest BCUT2D eigenvalue weighted by Gasteiger charge is -2.34. The topological polar surface area (TPSA) is 108 Å². The number of halogens is 4. The lowest BCUT2D eigenvalue weighted by Crippen LogP contribution is -2.33. The zero-order valence-corrected chi connectivity index (χ0v) is 23.3. The predicted molar refractivity (Wildman–Crippen MR) is 148 cm³/mol. The van der Waals surface area contributed by atoms with Crippen LogP contribution in [0.15, 0.2) is 48.8 Å². The van der Waals surface area contributed by atoms with E-state index in [1.54, 1.807) is 18.3 Å². The third-order valence-corrected chi connectivity index (χ3v) is 7.54. The number of rotatable bonds is 6. The number of pyridine rings is 2. The van der Waals surface area contributed by atoms with Crippen molar-refractivity contribution in [1.82, 2.24) is 15.0 Å². The molecule has 1 unspecified atom stereocenters. The molecule has 0 amide bonds. The quantitative estimate of drug-likeness (QED) is 0.203. The van der Waals surface area contributed by atoms with Gasteiger partial charge in [0, 0.05) is 18.8 Å². The number of carboxylic acid groups (broad SMARTS) is 1. The molecule has 0 saturated carbocycles. The number of aromatic nitrogens is 3. The van der Waals surface area contributed by atoms with Crippen molar-refractivity contribution in [3.63, 3.8) is 0 Å². The lowest BCUT2D eigenvalue weighted by molar-refractivity contribution is -0.137. The molecule has 1 aliphatic rings. The van der Waals surface area contributed by atoms with Crippen molar-refractivity contribution in [2.24, 2.45) is 0 Å². The fraction of sp³-hybridized carbons (Fsp3) is 0.310. The third kappa shape index (κ3) is 6.71. The molecule has 216 valence electrons. The van der Waals surface area contributed by atoms with Crippen LogP contribution < -0.4 is 5.32 Å². The van der Waals surface area contributed by atoms with Crippen molar-refractivity contribution in [3.05, 3.63) is 87.4 Å². The Morgan fingerprint density at radius 2 is 1.88 bits per heavy atom. The van der Waals surface area contributed by atoms with Crippen LogP contribution in [0.3, 0.4) is 0 Å². The van der Waals surface area contributed by atoms with Crippen LogP contribution in [0.5, 0.6) is 0 Å². The zero-order valence-electron chi connectivity index (χ0n) is 22.5. The molecule has 4 aromatic rings. The van der Waals surface area contributed by atoms with Crippen LogP contribution in [0.4, 0.5) is 29.2 Å². The van der Waals surface area contributed by atoms with Crippen molar-refractivity contribution in [2.75, 3.05) is 5.32 Å². The Bertz CT molecular complexity index is 1570. The number of alkyl halides is 3. The number of nitrogens with one attached hydrogen (secondary N) is 1. The van der Waals surface area contributed by atoms with E-state index in [2.05, 4.69) is 20.3 Å². The monoisotopic (exact) mass is 588 g/mol. The van der Waals surface area contributed by atoms with E-state index < -0.39 is 34.7 Å². The number of fused-ring (bicyclic) bond motifs is 1. The molecule has 1 atom stereocenters. The van der Waals surface area contributed by atoms with E-state index in [-0.39, 0.29) is 12.2 Å². The first-order chi connectivity index (χ1) is 19.4. The van der Waals surface area contributed by atoms with E-state index in [4.69, 9.17) is 0 Å². The second kappa shape index (κ2) is 11.9. The summed E-state index contributed by atoms with van der Waals surface area (Å²) in [6.07, 6.45) is -0.245. The fourth-order valence-electron chi connectivity index (χ4n) is 4.74. The molecule has 1 aliphatic carbocycles. The van der Waals surface area contributed by atoms with Crippen LogP contribution in [0.2, 0.25) is 0 Å². The molecule has 12 heteroatoms. The molecule has 3 aromatic heterocycles. The van der Waals surface area contributed by atoms with E-state index in [0.29, 0.717) is 51.8 Å². The Morgan fingerprint density at radius 1 is 1.12 bits per heavy atom. The minimum absolute atomic E-state index is 0.00431. The minimum atomic E-state index is -4.50. The van der Waals surface area contributed by atoms with Gasteiger partial charge in [0.2, 0.25) is 0 Å². The molecule has 0 radical (unpaired) electrons. The number of aromatic carboxylic acids is 1. The number of carbonyl (C=O) groups is 1. The van der Waals surface area contributed by atoms with Crippen LogP contribution in [-0.2, 0) is 24.6 Å². The highest BCUT2D eigenvalue weighted by Crippen LogP contribution is 2.40. The minimum Gasteiger partial charge on any atom is -0.478 e. The van der Waals surface area contributed by atoms with Crippen LogP contribution in [0.25, 0.3) is 10.6 Å². The largest absolute Gasteiger partial charge is 0.478 e. The summed E-state index contributed by atoms with van der Waals surface area (Å²) in [4.78, 5) is 24.9. The molecule has 0 aliphatic heterocycles. The highest BCUT2D eigenvalue weighted by molar-refractivity contribution is 7.15. The summed E-state index contributed by atoms with van der Waals surface area (Å²) in [5, 5.41) is 24.1. The number of carboxylic acids is 1. The summed E-state index contributed by atoms with van der Waals surface area (Å²) >= 11 is 1.28. The van der Waals surface area contributed by atoms with Crippen molar-refractivity contribution < 1.29 is 32.6 Å². The number of hydrogen-bond acceptors (Lipinski definition) is 7. The van der Waals surface area contributed by atoms with Gasteiger partial charge in [-0.1, -0.05) is 13.8 Å². The Kier molecular flexibility index (Phi) is 8.74. The summed E-state index contributed by atoms with van der Waals surface area (Å²) in [6, 6.07) is 7.66. The number of aryl methyl sites for hydroxylation is 2. The molecular weight excluding hydrogens is 560 g/mol. The number of benzene rings is 1. The van der Waals surface area contributed by atoms with Gasteiger partial charge < -0.3 is 15.5 Å². The molecule has 3 N–H and O–H groups in total. The van der Waals surface area contributed by atoms with Gasteiger partial charge >= 0.3 is 12.1 Å². The first kappa shape index (κ1) is 30.1. The lowest BCUT2D eigenvalue weighted by atomic mass is 9.76. The van der Waals surface area contributed by atoms with Crippen molar-refractivity contribution in [1.29, 1.82) is 0 Å². The van der Waals surface area contributed by atoms with Gasteiger partial charge in [-0.25, -0.2) is 24.1 Å². The van der Waals surface area contributed by atoms with Gasteiger partial charge in [-0.3, -0.25) is 0 Å². The second-order valence-electron chi connectivity index (χ2n) is 9.44. The SMILES string of the molecule is CC.Cc1cc(Nc2cc(C(F)(F)F)ccn2)nc(-c2cnc(CC3(O)CCCc4cc(C(=O)O)c(F)cc43)s2)c1. The van der Waals surface area contributed by atoms with E-state index >= 15 is 0 Å². The normalized spacial score (nSPS) is 16.4. The predicted octanol–water partition coefficient (Wildman–Crippen LogP) is 7.30. The Balaban J connectivity index is 0.00000189. The summed E-state index contributed by atoms with van der Waals surface area (Å²) < 4.78 is 53.7. The average molecular weight is 589 g/mol. The number of hydrogen-bond donors (Lipinski definition) is 3. The maximum Gasteiger partial charge on any atom is 0.416 e. The maximum absolute atomic E-state index is 14.5. The summed E-state index contributed by atoms with van der Waals surface area (Å²) in [7, 11) is 0. The molecule has 5 rings (SSSR count). The van der Waals surface area contributed by atoms with E-state index in [1.165, 1.54) is 17.4 Å². The molecular formula is C29H28F4N4O3S. The molecule has 41 heavy (non-hydrogen) atoms. The van der Waals surface area contributed by atoms with Gasteiger partial charge in [0.25, 0.3) is 0 Å². The smallest absolute Gasteiger partial charge is 0.416 e. The van der Waals surface area contributed by atoms with E-state index in [0.717, 1.165) is 30.0 Å². The molecule has 3 heterocycles. The van der Waals surface area contributed by atoms with Crippen molar-refractivity contribution in [3.8, 4) is 10.6 Å². The van der Waals surface area contributed by atoms with Crippen molar-refractivity contribution in [2.45, 2.75) is 58.2 Å². The first-order valence-electron chi connectivity index (χ1n) is 12.9. The molecule has 0 fully saturated rings. The van der Waals surface area contributed by atoms with Crippen LogP contribution in [0.1, 0.15) is 64.3 Å². The Hall–Kier alpha value is -3.90. The Morgan fingerprint density at radius 3 is 2.59 bits per heavy atom. The third-order valence-electron chi connectivity index (χ3n) is 6.52.